The molecule has 4 nitrogen and oxygen atoms in total. The van der Waals surface area contributed by atoms with Gasteiger partial charge in [0.2, 0.25) is 0 Å². The molecule has 1 aliphatic rings. The van der Waals surface area contributed by atoms with Crippen LogP contribution in [0.15, 0.2) is 17.5 Å². The minimum absolute atomic E-state index is 0.0722. The van der Waals surface area contributed by atoms with Crippen LogP contribution in [0, 0.1) is 5.92 Å². The monoisotopic (exact) mass is 307 g/mol. The topological polar surface area (TPSA) is 66.4 Å². The van der Waals surface area contributed by atoms with Crippen molar-refractivity contribution in [3.05, 3.63) is 28.0 Å². The van der Waals surface area contributed by atoms with Crippen LogP contribution in [-0.2, 0) is 4.79 Å². The molecule has 0 bridgehead atoms. The lowest BCUT2D eigenvalue weighted by Crippen LogP contribution is -2.26. The minimum Gasteiger partial charge on any atom is -0.478 e. The lowest BCUT2D eigenvalue weighted by atomic mass is 9.87. The van der Waals surface area contributed by atoms with Crippen LogP contribution >= 0.6 is 11.3 Å². The van der Waals surface area contributed by atoms with Gasteiger partial charge in [-0.15, -0.1) is 11.3 Å². The van der Waals surface area contributed by atoms with E-state index in [2.05, 4.69) is 5.32 Å². The molecule has 0 unspecified atom stereocenters. The average molecular weight is 307 g/mol. The first-order valence-corrected chi connectivity index (χ1v) is 8.31. The zero-order chi connectivity index (χ0) is 15.1. The summed E-state index contributed by atoms with van der Waals surface area (Å²) in [5.41, 5.74) is 0.605. The highest BCUT2D eigenvalue weighted by molar-refractivity contribution is 7.11. The molecule has 0 spiro atoms. The summed E-state index contributed by atoms with van der Waals surface area (Å²) in [6.07, 6.45) is 10.2. The Balaban J connectivity index is 1.76. The number of aliphatic carboxylic acids is 1. The van der Waals surface area contributed by atoms with Gasteiger partial charge in [-0.2, -0.15) is 0 Å². The number of rotatable bonds is 6. The number of amides is 1. The van der Waals surface area contributed by atoms with Crippen molar-refractivity contribution >= 4 is 29.3 Å². The van der Waals surface area contributed by atoms with E-state index in [1.807, 2.05) is 0 Å². The van der Waals surface area contributed by atoms with Gasteiger partial charge < -0.3 is 10.4 Å². The van der Waals surface area contributed by atoms with E-state index in [1.165, 1.54) is 49.5 Å². The highest BCUT2D eigenvalue weighted by Crippen LogP contribution is 2.25. The van der Waals surface area contributed by atoms with Crippen LogP contribution in [0.5, 0.6) is 0 Å². The Morgan fingerprint density at radius 1 is 1.33 bits per heavy atom. The molecule has 1 heterocycles. The fourth-order valence-electron chi connectivity index (χ4n) is 2.68. The molecule has 2 N–H and O–H groups in total. The SMILES string of the molecule is O=C(O)C=Cc1cc(C(=O)NCCC2CCCCC2)cs1. The number of hydrogen-bond donors (Lipinski definition) is 2. The van der Waals surface area contributed by atoms with Gasteiger partial charge in [0.1, 0.15) is 0 Å². The van der Waals surface area contributed by atoms with Crippen molar-refractivity contribution in [2.24, 2.45) is 5.92 Å². The summed E-state index contributed by atoms with van der Waals surface area (Å²) in [6.45, 7) is 0.722. The van der Waals surface area contributed by atoms with E-state index in [1.54, 1.807) is 11.4 Å². The molecule has 0 atom stereocenters. The maximum Gasteiger partial charge on any atom is 0.328 e. The second-order valence-electron chi connectivity index (χ2n) is 5.46. The maximum absolute atomic E-state index is 12.0. The van der Waals surface area contributed by atoms with Crippen molar-refractivity contribution in [3.63, 3.8) is 0 Å². The number of carboxylic acids is 1. The fourth-order valence-corrected chi connectivity index (χ4v) is 3.46. The Morgan fingerprint density at radius 2 is 2.10 bits per heavy atom. The van der Waals surface area contributed by atoms with Gasteiger partial charge >= 0.3 is 5.97 Å². The zero-order valence-corrected chi connectivity index (χ0v) is 12.8. The summed E-state index contributed by atoms with van der Waals surface area (Å²) in [5, 5.41) is 13.3. The molecule has 21 heavy (non-hydrogen) atoms. The summed E-state index contributed by atoms with van der Waals surface area (Å²) in [6, 6.07) is 1.72. The Labute approximate surface area is 128 Å². The molecule has 0 saturated heterocycles. The molecule has 1 aliphatic carbocycles. The largest absolute Gasteiger partial charge is 0.478 e. The first kappa shape index (κ1) is 15.8. The molecule has 0 aliphatic heterocycles. The van der Waals surface area contributed by atoms with Gasteiger partial charge in [-0.25, -0.2) is 4.79 Å². The van der Waals surface area contributed by atoms with E-state index in [0.29, 0.717) is 5.56 Å². The molecule has 1 aromatic rings. The van der Waals surface area contributed by atoms with Gasteiger partial charge in [0, 0.05) is 22.9 Å². The van der Waals surface area contributed by atoms with E-state index in [0.717, 1.165) is 29.8 Å². The summed E-state index contributed by atoms with van der Waals surface area (Å²) < 4.78 is 0. The third-order valence-corrected chi connectivity index (χ3v) is 4.73. The highest BCUT2D eigenvalue weighted by atomic mass is 32.1. The standard InChI is InChI=1S/C16H21NO3S/c18-15(19)7-6-14-10-13(11-21-14)16(20)17-9-8-12-4-2-1-3-5-12/h6-7,10-12H,1-5,8-9H2,(H,17,20)(H,18,19). The van der Waals surface area contributed by atoms with Gasteiger partial charge in [0.15, 0.2) is 0 Å². The van der Waals surface area contributed by atoms with Crippen LogP contribution < -0.4 is 5.32 Å². The molecule has 1 aromatic heterocycles. The van der Waals surface area contributed by atoms with Gasteiger partial charge in [-0.1, -0.05) is 32.1 Å². The number of nitrogens with one attached hydrogen (secondary N) is 1. The zero-order valence-electron chi connectivity index (χ0n) is 12.0. The number of carboxylic acid groups (broad SMARTS) is 1. The molecule has 0 radical (unpaired) electrons. The Kier molecular flexibility index (Phi) is 5.99. The Bertz CT molecular complexity index is 515. The van der Waals surface area contributed by atoms with E-state index < -0.39 is 5.97 Å². The number of carbonyl (C=O) groups is 2. The average Bonchev–Trinajstić information content (AvgIpc) is 2.95. The molecule has 114 valence electrons. The Morgan fingerprint density at radius 3 is 2.81 bits per heavy atom. The van der Waals surface area contributed by atoms with Crippen molar-refractivity contribution in [1.82, 2.24) is 5.32 Å². The molecular formula is C16H21NO3S. The van der Waals surface area contributed by atoms with Gasteiger partial charge in [-0.05, 0) is 24.5 Å². The molecule has 2 rings (SSSR count). The molecule has 0 aromatic carbocycles. The quantitative estimate of drug-likeness (QED) is 0.790. The molecule has 1 fully saturated rings. The van der Waals surface area contributed by atoms with Gasteiger partial charge in [0.05, 0.1) is 5.56 Å². The van der Waals surface area contributed by atoms with Crippen LogP contribution in [0.2, 0.25) is 0 Å². The van der Waals surface area contributed by atoms with Crippen LogP contribution in [-0.4, -0.2) is 23.5 Å². The van der Waals surface area contributed by atoms with Crippen LogP contribution in [0.1, 0.15) is 53.8 Å². The molecule has 5 heteroatoms. The van der Waals surface area contributed by atoms with Crippen molar-refractivity contribution in [3.8, 4) is 0 Å². The molecule has 1 saturated carbocycles. The fraction of sp³-hybridized carbons (Fsp3) is 0.500. The minimum atomic E-state index is -0.984. The first-order chi connectivity index (χ1) is 10.1. The van der Waals surface area contributed by atoms with E-state index in [9.17, 15) is 9.59 Å². The van der Waals surface area contributed by atoms with Crippen LogP contribution in [0.25, 0.3) is 6.08 Å². The van der Waals surface area contributed by atoms with Crippen molar-refractivity contribution in [2.45, 2.75) is 38.5 Å². The van der Waals surface area contributed by atoms with Gasteiger partial charge in [0.25, 0.3) is 5.91 Å². The lowest BCUT2D eigenvalue weighted by Gasteiger charge is -2.21. The van der Waals surface area contributed by atoms with Crippen molar-refractivity contribution in [2.75, 3.05) is 6.54 Å². The lowest BCUT2D eigenvalue weighted by molar-refractivity contribution is -0.131. The summed E-state index contributed by atoms with van der Waals surface area (Å²) in [7, 11) is 0. The second-order valence-corrected chi connectivity index (χ2v) is 6.40. The summed E-state index contributed by atoms with van der Waals surface area (Å²) in [4.78, 5) is 23.2. The first-order valence-electron chi connectivity index (χ1n) is 7.43. The van der Waals surface area contributed by atoms with Crippen LogP contribution in [0.4, 0.5) is 0 Å². The predicted molar refractivity (Wildman–Crippen MR) is 84.5 cm³/mol. The van der Waals surface area contributed by atoms with E-state index in [4.69, 9.17) is 5.11 Å². The molecule has 1 amide bonds. The van der Waals surface area contributed by atoms with Crippen molar-refractivity contribution in [1.29, 1.82) is 0 Å². The predicted octanol–water partition coefficient (Wildman–Crippen LogP) is 3.55. The highest BCUT2D eigenvalue weighted by Gasteiger charge is 2.14. The van der Waals surface area contributed by atoms with Crippen LogP contribution in [0.3, 0.4) is 0 Å². The van der Waals surface area contributed by atoms with E-state index in [-0.39, 0.29) is 5.91 Å². The second kappa shape index (κ2) is 7.98. The smallest absolute Gasteiger partial charge is 0.328 e. The van der Waals surface area contributed by atoms with E-state index >= 15 is 0 Å². The summed E-state index contributed by atoms with van der Waals surface area (Å²) in [5.74, 6) is -0.297. The number of carbonyl (C=O) groups excluding carboxylic acids is 1. The third kappa shape index (κ3) is 5.34. The normalized spacial score (nSPS) is 16.2. The number of thiophene rings is 1. The Hall–Kier alpha value is -1.62. The van der Waals surface area contributed by atoms with Gasteiger partial charge in [-0.3, -0.25) is 4.79 Å². The maximum atomic E-state index is 12.0. The summed E-state index contributed by atoms with van der Waals surface area (Å²) >= 11 is 1.37. The van der Waals surface area contributed by atoms with Crippen molar-refractivity contribution < 1.29 is 14.7 Å². The molecular weight excluding hydrogens is 286 g/mol. The third-order valence-electron chi connectivity index (χ3n) is 3.83. The number of hydrogen-bond acceptors (Lipinski definition) is 3.